The fourth-order valence-corrected chi connectivity index (χ4v) is 3.64. The molecule has 2 amide bonds. The molecule has 132 valence electrons. The van der Waals surface area contributed by atoms with Crippen molar-refractivity contribution in [1.29, 1.82) is 0 Å². The largest absolute Gasteiger partial charge is 0.355 e. The van der Waals surface area contributed by atoms with E-state index in [2.05, 4.69) is 15.5 Å². The number of aromatic nitrogens is 2. The van der Waals surface area contributed by atoms with E-state index >= 15 is 0 Å². The summed E-state index contributed by atoms with van der Waals surface area (Å²) < 4.78 is 5.51. The van der Waals surface area contributed by atoms with Crippen molar-refractivity contribution in [1.82, 2.24) is 20.4 Å². The summed E-state index contributed by atoms with van der Waals surface area (Å²) in [6.45, 7) is 3.01. The van der Waals surface area contributed by atoms with Gasteiger partial charge in [0.25, 0.3) is 11.6 Å². The average Bonchev–Trinajstić information content (AvgIpc) is 3.39. The van der Waals surface area contributed by atoms with E-state index in [4.69, 9.17) is 4.52 Å². The van der Waals surface area contributed by atoms with Gasteiger partial charge in [-0.15, -0.1) is 0 Å². The van der Waals surface area contributed by atoms with Crippen LogP contribution in [0.1, 0.15) is 66.2 Å². The number of carbonyl (C=O) groups is 2. The van der Waals surface area contributed by atoms with Gasteiger partial charge in [0, 0.05) is 44.6 Å². The number of hydrogen-bond acceptors (Lipinski definition) is 5. The normalized spacial score (nSPS) is 18.6. The molecule has 2 fully saturated rings. The fourth-order valence-electron chi connectivity index (χ4n) is 3.64. The second-order valence-electron chi connectivity index (χ2n) is 6.98. The van der Waals surface area contributed by atoms with Gasteiger partial charge in [-0.05, 0) is 31.7 Å². The zero-order valence-corrected chi connectivity index (χ0v) is 14.5. The van der Waals surface area contributed by atoms with Crippen LogP contribution in [0, 0.1) is 0 Å². The Morgan fingerprint density at radius 3 is 2.52 bits per heavy atom. The molecule has 1 N–H and O–H groups in total. The molecule has 2 aromatic heterocycles. The van der Waals surface area contributed by atoms with Gasteiger partial charge in [-0.25, -0.2) is 4.98 Å². The molecule has 1 aliphatic heterocycles. The minimum atomic E-state index is -0.139. The number of nitrogens with one attached hydrogen (secondary N) is 1. The molecule has 3 heterocycles. The number of hydrogen-bond donors (Lipinski definition) is 1. The molecule has 0 radical (unpaired) electrons. The predicted octanol–water partition coefficient (Wildman–Crippen LogP) is 2.19. The molecule has 2 aliphatic rings. The molecule has 0 atom stereocenters. The number of piperidine rings is 1. The van der Waals surface area contributed by atoms with Gasteiger partial charge in [0.15, 0.2) is 0 Å². The third kappa shape index (κ3) is 2.88. The molecule has 4 rings (SSSR count). The third-order valence-corrected chi connectivity index (χ3v) is 5.29. The highest BCUT2D eigenvalue weighted by molar-refractivity contribution is 6.06. The Morgan fingerprint density at radius 2 is 1.92 bits per heavy atom. The first-order chi connectivity index (χ1) is 12.1. The monoisotopic (exact) mass is 342 g/mol. The van der Waals surface area contributed by atoms with Crippen molar-refractivity contribution >= 4 is 22.9 Å². The van der Waals surface area contributed by atoms with Crippen molar-refractivity contribution in [2.75, 3.05) is 20.1 Å². The Hall–Kier alpha value is -2.44. The molecule has 7 nitrogen and oxygen atoms in total. The van der Waals surface area contributed by atoms with Crippen LogP contribution in [-0.4, -0.2) is 47.0 Å². The highest BCUT2D eigenvalue weighted by Crippen LogP contribution is 2.41. The van der Waals surface area contributed by atoms with E-state index in [1.165, 1.54) is 0 Å². The predicted molar refractivity (Wildman–Crippen MR) is 91.4 cm³/mol. The summed E-state index contributed by atoms with van der Waals surface area (Å²) in [6, 6.07) is 1.89. The van der Waals surface area contributed by atoms with E-state index in [-0.39, 0.29) is 17.7 Å². The van der Waals surface area contributed by atoms with Crippen molar-refractivity contribution in [3.63, 3.8) is 0 Å². The van der Waals surface area contributed by atoms with Crippen molar-refractivity contribution in [3.8, 4) is 0 Å². The highest BCUT2D eigenvalue weighted by atomic mass is 16.5. The number of fused-ring (bicyclic) bond motifs is 1. The molecular weight excluding hydrogens is 320 g/mol. The van der Waals surface area contributed by atoms with Crippen LogP contribution in [0.4, 0.5) is 0 Å². The van der Waals surface area contributed by atoms with Crippen LogP contribution in [0.25, 0.3) is 11.1 Å². The van der Waals surface area contributed by atoms with Gasteiger partial charge >= 0.3 is 0 Å². The van der Waals surface area contributed by atoms with Crippen LogP contribution in [0.3, 0.4) is 0 Å². The lowest BCUT2D eigenvalue weighted by atomic mass is 9.90. The molecule has 0 bridgehead atoms. The second kappa shape index (κ2) is 6.13. The topological polar surface area (TPSA) is 88.3 Å². The molecule has 0 unspecified atom stereocenters. The van der Waals surface area contributed by atoms with E-state index in [1.54, 1.807) is 14.0 Å². The number of nitrogens with zero attached hydrogens (tertiary/aromatic N) is 3. The third-order valence-electron chi connectivity index (χ3n) is 5.29. The van der Waals surface area contributed by atoms with Crippen LogP contribution in [0.2, 0.25) is 0 Å². The van der Waals surface area contributed by atoms with E-state index in [1.807, 2.05) is 11.0 Å². The number of amides is 2. The summed E-state index contributed by atoms with van der Waals surface area (Å²) in [5.41, 5.74) is 2.76. The highest BCUT2D eigenvalue weighted by Gasteiger charge is 2.32. The Morgan fingerprint density at radius 1 is 1.20 bits per heavy atom. The second-order valence-corrected chi connectivity index (χ2v) is 6.98. The van der Waals surface area contributed by atoms with E-state index in [0.717, 1.165) is 42.5 Å². The Kier molecular flexibility index (Phi) is 3.94. The quantitative estimate of drug-likeness (QED) is 0.924. The minimum Gasteiger partial charge on any atom is -0.355 e. The lowest BCUT2D eigenvalue weighted by Gasteiger charge is -2.30. The maximum absolute atomic E-state index is 12.4. The summed E-state index contributed by atoms with van der Waals surface area (Å²) in [6.07, 6.45) is 3.85. The SMILES string of the molecule is CNC(=O)c1cc(C2CC2)nc2onc(C3CCN(C(C)=O)CC3)c12. The summed E-state index contributed by atoms with van der Waals surface area (Å²) in [7, 11) is 1.63. The number of rotatable bonds is 3. The van der Waals surface area contributed by atoms with E-state index < -0.39 is 0 Å². The lowest BCUT2D eigenvalue weighted by molar-refractivity contribution is -0.129. The summed E-state index contributed by atoms with van der Waals surface area (Å²) in [5, 5.41) is 7.71. The zero-order chi connectivity index (χ0) is 17.6. The van der Waals surface area contributed by atoms with Gasteiger partial charge < -0.3 is 14.7 Å². The van der Waals surface area contributed by atoms with Gasteiger partial charge in [0.1, 0.15) is 0 Å². The number of likely N-dealkylation sites (tertiary alicyclic amines) is 1. The average molecular weight is 342 g/mol. The molecular formula is C18H22N4O3. The van der Waals surface area contributed by atoms with Gasteiger partial charge in [-0.1, -0.05) is 5.16 Å². The first kappa shape index (κ1) is 16.1. The molecule has 2 aromatic rings. The Labute approximate surface area is 145 Å². The van der Waals surface area contributed by atoms with Crippen molar-refractivity contribution in [3.05, 3.63) is 23.0 Å². The molecule has 0 spiro atoms. The number of pyridine rings is 1. The molecule has 0 aromatic carbocycles. The van der Waals surface area contributed by atoms with Gasteiger partial charge in [0.2, 0.25) is 5.91 Å². The van der Waals surface area contributed by atoms with Crippen molar-refractivity contribution < 1.29 is 14.1 Å². The smallest absolute Gasteiger partial charge is 0.259 e. The first-order valence-corrected chi connectivity index (χ1v) is 8.86. The van der Waals surface area contributed by atoms with Gasteiger partial charge in [-0.3, -0.25) is 9.59 Å². The standard InChI is InChI=1S/C18H22N4O3/c1-10(23)22-7-5-12(6-8-22)16-15-13(17(24)19-2)9-14(11-3-4-11)20-18(15)25-21-16/h9,11-12H,3-8H2,1-2H3,(H,19,24). The van der Waals surface area contributed by atoms with Crippen LogP contribution in [0.15, 0.2) is 10.6 Å². The molecule has 1 saturated heterocycles. The fraction of sp³-hybridized carbons (Fsp3) is 0.556. The van der Waals surface area contributed by atoms with Crippen LogP contribution < -0.4 is 5.32 Å². The molecule has 1 saturated carbocycles. The summed E-state index contributed by atoms with van der Waals surface area (Å²) >= 11 is 0. The molecule has 1 aliphatic carbocycles. The van der Waals surface area contributed by atoms with Crippen LogP contribution in [0.5, 0.6) is 0 Å². The van der Waals surface area contributed by atoms with Crippen LogP contribution in [-0.2, 0) is 4.79 Å². The van der Waals surface area contributed by atoms with E-state index in [9.17, 15) is 9.59 Å². The maximum atomic E-state index is 12.4. The zero-order valence-electron chi connectivity index (χ0n) is 14.5. The van der Waals surface area contributed by atoms with E-state index in [0.29, 0.717) is 30.3 Å². The Balaban J connectivity index is 1.72. The lowest BCUT2D eigenvalue weighted by Crippen LogP contribution is -2.36. The van der Waals surface area contributed by atoms with Crippen molar-refractivity contribution in [2.45, 2.75) is 44.4 Å². The van der Waals surface area contributed by atoms with Gasteiger partial charge in [-0.2, -0.15) is 0 Å². The van der Waals surface area contributed by atoms with Crippen LogP contribution >= 0.6 is 0 Å². The summed E-state index contributed by atoms with van der Waals surface area (Å²) in [5.74, 6) is 0.569. The first-order valence-electron chi connectivity index (χ1n) is 8.86. The minimum absolute atomic E-state index is 0.102. The van der Waals surface area contributed by atoms with Crippen molar-refractivity contribution in [2.24, 2.45) is 0 Å². The Bertz CT molecular complexity index is 832. The summed E-state index contributed by atoms with van der Waals surface area (Å²) in [4.78, 5) is 30.4. The number of carbonyl (C=O) groups excluding carboxylic acids is 2. The molecule has 25 heavy (non-hydrogen) atoms. The molecule has 7 heteroatoms. The van der Waals surface area contributed by atoms with Gasteiger partial charge in [0.05, 0.1) is 16.6 Å². The maximum Gasteiger partial charge on any atom is 0.259 e.